The van der Waals surface area contributed by atoms with Gasteiger partial charge in [0.1, 0.15) is 0 Å². The fourth-order valence-corrected chi connectivity index (χ4v) is 13.7. The maximum Gasteiger partial charge on any atom is 0.249 e. The smallest absolute Gasteiger partial charge is 0.249 e. The van der Waals surface area contributed by atoms with Gasteiger partial charge in [-0.15, -0.1) is 0 Å². The molecular formula is C49H36B2N2S2. The normalized spacial score (nSPS) is 14.4. The first-order chi connectivity index (χ1) is 26.9. The highest BCUT2D eigenvalue weighted by Crippen LogP contribution is 2.48. The number of nitrogens with zero attached hydrogens (tertiary/aromatic N) is 2. The van der Waals surface area contributed by atoms with Crippen LogP contribution < -0.4 is 32.8 Å². The van der Waals surface area contributed by atoms with Crippen LogP contribution in [0.4, 0.5) is 0 Å². The summed E-state index contributed by atoms with van der Waals surface area (Å²) in [5.41, 5.74) is 21.2. The first-order valence-corrected chi connectivity index (χ1v) is 21.5. The van der Waals surface area contributed by atoms with Crippen LogP contribution in [0.5, 0.6) is 0 Å². The van der Waals surface area contributed by atoms with Gasteiger partial charge in [0.15, 0.2) is 0 Å². The fourth-order valence-electron chi connectivity index (χ4n) is 11.1. The van der Waals surface area contributed by atoms with Crippen LogP contribution in [-0.2, 0) is 0 Å². The van der Waals surface area contributed by atoms with Gasteiger partial charge >= 0.3 is 0 Å². The second kappa shape index (κ2) is 10.6. The van der Waals surface area contributed by atoms with Gasteiger partial charge in [-0.05, 0) is 93.7 Å². The highest BCUT2D eigenvalue weighted by Gasteiger charge is 2.45. The second-order valence-corrected chi connectivity index (χ2v) is 18.8. The Kier molecular flexibility index (Phi) is 6.03. The van der Waals surface area contributed by atoms with Crippen LogP contribution in [0.2, 0.25) is 0 Å². The van der Waals surface area contributed by atoms with Crippen LogP contribution in [0.1, 0.15) is 56.2 Å². The van der Waals surface area contributed by atoms with Crippen molar-refractivity contribution in [2.24, 2.45) is 0 Å². The SMILES string of the molecule is Cc1c2c(cc3c1Sc1cc(C(C)C)c4c5ccccc5n5c4c1B3c1ccccc1-5)B1c3ccccc3-n3c4ccccc4c4c(C(C)C)cc(c1c43)S2. The van der Waals surface area contributed by atoms with Gasteiger partial charge in [-0.3, -0.25) is 0 Å². The Labute approximate surface area is 330 Å². The van der Waals surface area contributed by atoms with Crippen LogP contribution in [0.15, 0.2) is 135 Å². The van der Waals surface area contributed by atoms with Crippen molar-refractivity contribution in [3.8, 4) is 11.4 Å². The molecule has 0 unspecified atom stereocenters. The van der Waals surface area contributed by atoms with Crippen molar-refractivity contribution in [3.63, 3.8) is 0 Å². The molecule has 13 rings (SSSR count). The van der Waals surface area contributed by atoms with Gasteiger partial charge in [0.05, 0.1) is 22.1 Å². The molecular weight excluding hydrogens is 702 g/mol. The Bertz CT molecular complexity index is 3040. The summed E-state index contributed by atoms with van der Waals surface area (Å²) in [5, 5.41) is 5.60. The van der Waals surface area contributed by atoms with Crippen LogP contribution in [0.3, 0.4) is 0 Å². The summed E-state index contributed by atoms with van der Waals surface area (Å²) in [6, 6.07) is 44.5. The van der Waals surface area contributed by atoms with Crippen molar-refractivity contribution in [2.45, 2.75) is 66.0 Å². The second-order valence-electron chi connectivity index (χ2n) is 16.7. The molecule has 6 heteroatoms. The molecule has 7 aromatic carbocycles. The minimum absolute atomic E-state index is 0.159. The monoisotopic (exact) mass is 738 g/mol. The average molecular weight is 739 g/mol. The predicted molar refractivity (Wildman–Crippen MR) is 238 cm³/mol. The minimum Gasteiger partial charge on any atom is -0.310 e. The van der Waals surface area contributed by atoms with Gasteiger partial charge < -0.3 is 9.13 Å². The third kappa shape index (κ3) is 3.70. The van der Waals surface area contributed by atoms with Crippen LogP contribution in [0, 0.1) is 6.92 Å². The lowest BCUT2D eigenvalue weighted by Gasteiger charge is -2.38. The maximum absolute atomic E-state index is 2.67. The molecule has 0 aliphatic carbocycles. The summed E-state index contributed by atoms with van der Waals surface area (Å²) >= 11 is 4.06. The lowest BCUT2D eigenvalue weighted by atomic mass is 9.32. The Hall–Kier alpha value is -5.03. The lowest BCUT2D eigenvalue weighted by Crippen LogP contribution is -2.63. The predicted octanol–water partition coefficient (Wildman–Crippen LogP) is 9.02. The first-order valence-electron chi connectivity index (χ1n) is 19.8. The molecule has 55 heavy (non-hydrogen) atoms. The maximum atomic E-state index is 2.67. The third-order valence-electron chi connectivity index (χ3n) is 13.3. The van der Waals surface area contributed by atoms with E-state index >= 15 is 0 Å². The quantitative estimate of drug-likeness (QED) is 0.164. The molecule has 4 aliphatic rings. The van der Waals surface area contributed by atoms with E-state index in [-0.39, 0.29) is 13.4 Å². The molecule has 0 N–H and O–H groups in total. The van der Waals surface area contributed by atoms with Crippen molar-refractivity contribution >= 4 is 113 Å². The average Bonchev–Trinajstić information content (AvgIpc) is 3.74. The van der Waals surface area contributed by atoms with Crippen molar-refractivity contribution < 1.29 is 0 Å². The molecule has 0 fully saturated rings. The molecule has 0 spiro atoms. The Morgan fingerprint density at radius 3 is 1.36 bits per heavy atom. The highest BCUT2D eigenvalue weighted by atomic mass is 32.2. The zero-order valence-corrected chi connectivity index (χ0v) is 33.1. The van der Waals surface area contributed by atoms with E-state index in [4.69, 9.17) is 0 Å². The largest absolute Gasteiger partial charge is 0.310 e. The summed E-state index contributed by atoms with van der Waals surface area (Å²) in [5.74, 6) is 0.820. The first kappa shape index (κ1) is 31.2. The van der Waals surface area contributed by atoms with Crippen LogP contribution in [-0.4, -0.2) is 22.6 Å². The number of fused-ring (bicyclic) bond motifs is 16. The topological polar surface area (TPSA) is 9.86 Å². The van der Waals surface area contributed by atoms with Crippen LogP contribution >= 0.6 is 23.5 Å². The van der Waals surface area contributed by atoms with Gasteiger partial charge in [0.25, 0.3) is 0 Å². The van der Waals surface area contributed by atoms with E-state index in [0.29, 0.717) is 11.8 Å². The Morgan fingerprint density at radius 2 is 0.909 bits per heavy atom. The van der Waals surface area contributed by atoms with E-state index in [2.05, 4.69) is 159 Å². The van der Waals surface area contributed by atoms with E-state index in [0.717, 1.165) is 0 Å². The zero-order chi connectivity index (χ0) is 36.6. The fraction of sp³-hybridized carbons (Fsp3) is 0.143. The van der Waals surface area contributed by atoms with Gasteiger partial charge in [0, 0.05) is 52.5 Å². The van der Waals surface area contributed by atoms with Crippen molar-refractivity contribution in [1.29, 1.82) is 0 Å². The minimum atomic E-state index is 0.159. The van der Waals surface area contributed by atoms with E-state index < -0.39 is 0 Å². The molecule has 0 saturated carbocycles. The van der Waals surface area contributed by atoms with E-state index in [1.54, 1.807) is 0 Å². The summed E-state index contributed by atoms with van der Waals surface area (Å²) in [6.07, 6.45) is 0. The molecule has 0 radical (unpaired) electrons. The van der Waals surface area contributed by atoms with Crippen molar-refractivity contribution in [2.75, 3.05) is 0 Å². The van der Waals surface area contributed by atoms with Crippen LogP contribution in [0.25, 0.3) is 55.0 Å². The van der Waals surface area contributed by atoms with E-state index in [1.165, 1.54) is 124 Å². The summed E-state index contributed by atoms with van der Waals surface area (Å²) in [4.78, 5) is 5.74. The summed E-state index contributed by atoms with van der Waals surface area (Å²) < 4.78 is 5.20. The van der Waals surface area contributed by atoms with E-state index in [9.17, 15) is 0 Å². The Balaban J connectivity index is 1.15. The standard InChI is InChI=1S/C49H36B2N2S2/c1-25(2)30-22-40-44-46-42(30)28-14-6-10-18-36(28)52(46)38-20-12-8-16-32(38)50(44)34-24-35-49(27(5)48(34)54-40)55-41-23-31(26(3)4)43-29-15-7-11-19-37(29)53-39-21-13-9-17-33(39)51(35)45(41)47(43)53/h6-26H,1-5H3. The Morgan fingerprint density at radius 1 is 0.491 bits per heavy atom. The molecule has 0 bridgehead atoms. The number of benzene rings is 7. The molecule has 260 valence electrons. The van der Waals surface area contributed by atoms with Gasteiger partial charge in [0.2, 0.25) is 13.4 Å². The molecule has 9 aromatic rings. The number of rotatable bonds is 2. The molecule has 4 aliphatic heterocycles. The molecule has 0 saturated heterocycles. The number of aromatic nitrogens is 2. The molecule has 6 heterocycles. The third-order valence-corrected chi connectivity index (χ3v) is 15.9. The van der Waals surface area contributed by atoms with E-state index in [1.807, 2.05) is 23.5 Å². The van der Waals surface area contributed by atoms with Gasteiger partial charge in [-0.2, -0.15) is 0 Å². The summed E-state index contributed by atoms with van der Waals surface area (Å²) in [7, 11) is 0. The molecule has 2 aromatic heterocycles. The highest BCUT2D eigenvalue weighted by molar-refractivity contribution is 8.01. The zero-order valence-electron chi connectivity index (χ0n) is 31.5. The van der Waals surface area contributed by atoms with Gasteiger partial charge in [-0.25, -0.2) is 0 Å². The van der Waals surface area contributed by atoms with Crippen molar-refractivity contribution in [3.05, 3.63) is 132 Å². The number of para-hydroxylation sites is 4. The molecule has 0 atom stereocenters. The lowest BCUT2D eigenvalue weighted by molar-refractivity contribution is 0.873. The summed E-state index contributed by atoms with van der Waals surface area (Å²) in [6.45, 7) is 12.2. The van der Waals surface area contributed by atoms with Crippen molar-refractivity contribution in [1.82, 2.24) is 9.13 Å². The van der Waals surface area contributed by atoms with Gasteiger partial charge in [-0.1, -0.05) is 141 Å². The molecule has 0 amide bonds. The number of hydrogen-bond acceptors (Lipinski definition) is 2. The molecule has 2 nitrogen and oxygen atoms in total. The number of hydrogen-bond donors (Lipinski definition) is 0.